The van der Waals surface area contributed by atoms with Crippen LogP contribution in [0.3, 0.4) is 0 Å². The molecule has 0 aromatic heterocycles. The van der Waals surface area contributed by atoms with Crippen LogP contribution < -0.4 is 0 Å². The van der Waals surface area contributed by atoms with Gasteiger partial charge in [-0.2, -0.15) is 0 Å². The van der Waals surface area contributed by atoms with E-state index in [0.29, 0.717) is 5.75 Å². The normalized spacial score (nSPS) is 10.7. The van der Waals surface area contributed by atoms with Crippen LogP contribution in [0.4, 0.5) is 0 Å². The van der Waals surface area contributed by atoms with Crippen molar-refractivity contribution < 1.29 is 24.9 Å². The van der Waals surface area contributed by atoms with Gasteiger partial charge in [0.05, 0.1) is 11.1 Å². The number of aromatic carboxylic acids is 1. The first-order chi connectivity index (χ1) is 8.41. The van der Waals surface area contributed by atoms with Gasteiger partial charge in [-0.1, -0.05) is 23.9 Å². The quantitative estimate of drug-likeness (QED) is 0.774. The molecule has 0 bridgehead atoms. The molecule has 0 radical (unpaired) electrons. The van der Waals surface area contributed by atoms with Crippen molar-refractivity contribution in [2.24, 2.45) is 0 Å². The number of carboxylic acid groups (broad SMARTS) is 1. The molecule has 0 aliphatic rings. The molecule has 0 heterocycles. The van der Waals surface area contributed by atoms with E-state index in [0.717, 1.165) is 23.9 Å². The zero-order valence-corrected chi connectivity index (χ0v) is 10.4. The van der Waals surface area contributed by atoms with Crippen LogP contribution >= 0.6 is 11.8 Å². The molecule has 0 amide bonds. The van der Waals surface area contributed by atoms with Gasteiger partial charge in [0.1, 0.15) is 11.5 Å². The number of carbonyl (C=O) groups is 2. The van der Waals surface area contributed by atoms with Crippen LogP contribution in [0.15, 0.2) is 18.2 Å². The summed E-state index contributed by atoms with van der Waals surface area (Å²) in [5.74, 6) is -1.47. The summed E-state index contributed by atoms with van der Waals surface area (Å²) in [6, 6.07) is 2.11. The van der Waals surface area contributed by atoms with Crippen molar-refractivity contribution >= 4 is 28.9 Å². The lowest BCUT2D eigenvalue weighted by Gasteiger charge is -2.04. The molecule has 18 heavy (non-hydrogen) atoms. The van der Waals surface area contributed by atoms with Crippen molar-refractivity contribution in [3.05, 3.63) is 29.3 Å². The van der Waals surface area contributed by atoms with E-state index in [9.17, 15) is 19.8 Å². The lowest BCUT2D eigenvalue weighted by Crippen LogP contribution is -1.96. The number of carbonyl (C=O) groups excluding carboxylic acids is 1. The maximum absolute atomic E-state index is 10.7. The molecular formula is C12H12O5S. The number of phenols is 2. The summed E-state index contributed by atoms with van der Waals surface area (Å²) in [4.78, 5) is 21.3. The standard InChI is InChI=1S/C12H12O5S/c1-7(13)18-4-2-3-9-10(14)5-8(12(16)17)6-11(9)15/h2-3,5-6,14-15H,4H2,1H3,(H,16,17). The van der Waals surface area contributed by atoms with Gasteiger partial charge in [0.25, 0.3) is 0 Å². The Kier molecular flexibility index (Phi) is 4.79. The maximum Gasteiger partial charge on any atom is 0.335 e. The van der Waals surface area contributed by atoms with Gasteiger partial charge in [-0.3, -0.25) is 4.79 Å². The fourth-order valence-electron chi connectivity index (χ4n) is 1.25. The number of thioether (sulfide) groups is 1. The van der Waals surface area contributed by atoms with Crippen LogP contribution in [0, 0.1) is 0 Å². The third-order valence-electron chi connectivity index (χ3n) is 2.05. The summed E-state index contributed by atoms with van der Waals surface area (Å²) in [5, 5.41) is 27.8. The van der Waals surface area contributed by atoms with E-state index < -0.39 is 5.97 Å². The third kappa shape index (κ3) is 3.81. The van der Waals surface area contributed by atoms with E-state index in [1.807, 2.05) is 0 Å². The lowest BCUT2D eigenvalue weighted by molar-refractivity contribution is -0.109. The highest BCUT2D eigenvalue weighted by Crippen LogP contribution is 2.30. The van der Waals surface area contributed by atoms with Gasteiger partial charge in [-0.25, -0.2) is 4.79 Å². The van der Waals surface area contributed by atoms with E-state index in [4.69, 9.17) is 5.11 Å². The summed E-state index contributed by atoms with van der Waals surface area (Å²) in [5.41, 5.74) is -0.0654. The Bertz CT molecular complexity index is 484. The van der Waals surface area contributed by atoms with Gasteiger partial charge in [-0.05, 0) is 12.1 Å². The Hall–Kier alpha value is -1.95. The monoisotopic (exact) mass is 268 g/mol. The second-order valence-corrected chi connectivity index (χ2v) is 4.64. The van der Waals surface area contributed by atoms with E-state index in [1.165, 1.54) is 13.0 Å². The van der Waals surface area contributed by atoms with Crippen LogP contribution in [-0.4, -0.2) is 32.2 Å². The molecule has 0 aliphatic carbocycles. The number of rotatable bonds is 4. The highest BCUT2D eigenvalue weighted by atomic mass is 32.2. The molecule has 5 nitrogen and oxygen atoms in total. The lowest BCUT2D eigenvalue weighted by atomic mass is 10.1. The third-order valence-corrected chi connectivity index (χ3v) is 2.82. The van der Waals surface area contributed by atoms with Gasteiger partial charge >= 0.3 is 5.97 Å². The first-order valence-corrected chi connectivity index (χ1v) is 5.99. The number of aromatic hydroxyl groups is 2. The molecule has 96 valence electrons. The van der Waals surface area contributed by atoms with Crippen molar-refractivity contribution in [1.29, 1.82) is 0 Å². The van der Waals surface area contributed by atoms with E-state index in [-0.39, 0.29) is 27.7 Å². The number of hydrogen-bond donors (Lipinski definition) is 3. The van der Waals surface area contributed by atoms with Gasteiger partial charge in [0.15, 0.2) is 5.12 Å². The smallest absolute Gasteiger partial charge is 0.335 e. The van der Waals surface area contributed by atoms with Crippen LogP contribution in [0.25, 0.3) is 6.08 Å². The van der Waals surface area contributed by atoms with Gasteiger partial charge < -0.3 is 15.3 Å². The average molecular weight is 268 g/mol. The Balaban J connectivity index is 2.90. The zero-order chi connectivity index (χ0) is 13.7. The molecular weight excluding hydrogens is 256 g/mol. The van der Waals surface area contributed by atoms with Crippen LogP contribution in [0.2, 0.25) is 0 Å². The summed E-state index contributed by atoms with van der Waals surface area (Å²) >= 11 is 1.09. The predicted molar refractivity (Wildman–Crippen MR) is 68.9 cm³/mol. The van der Waals surface area contributed by atoms with Gasteiger partial charge in [0, 0.05) is 12.7 Å². The second kappa shape index (κ2) is 6.11. The van der Waals surface area contributed by atoms with Crippen LogP contribution in [0.5, 0.6) is 11.5 Å². The largest absolute Gasteiger partial charge is 0.507 e. The fourth-order valence-corrected chi connectivity index (χ4v) is 1.68. The first kappa shape index (κ1) is 14.1. The fraction of sp³-hybridized carbons (Fsp3) is 0.167. The first-order valence-electron chi connectivity index (χ1n) is 5.01. The van der Waals surface area contributed by atoms with Gasteiger partial charge in [0.2, 0.25) is 0 Å². The molecule has 0 fully saturated rings. The predicted octanol–water partition coefficient (Wildman–Crippen LogP) is 2.09. The SMILES string of the molecule is CC(=O)SCC=Cc1c(O)cc(C(=O)O)cc1O. The molecule has 3 N–H and O–H groups in total. The minimum absolute atomic E-state index is 0.0330. The minimum Gasteiger partial charge on any atom is -0.507 e. The summed E-state index contributed by atoms with van der Waals surface area (Å²) in [7, 11) is 0. The Morgan fingerprint density at radius 1 is 1.28 bits per heavy atom. The molecule has 1 aromatic rings. The Morgan fingerprint density at radius 2 is 1.83 bits per heavy atom. The Morgan fingerprint density at radius 3 is 2.28 bits per heavy atom. The zero-order valence-electron chi connectivity index (χ0n) is 9.58. The highest BCUT2D eigenvalue weighted by molar-refractivity contribution is 8.13. The number of hydrogen-bond acceptors (Lipinski definition) is 5. The van der Waals surface area contributed by atoms with Crippen LogP contribution in [0.1, 0.15) is 22.8 Å². The molecule has 0 saturated carbocycles. The number of benzene rings is 1. The summed E-state index contributed by atoms with van der Waals surface area (Å²) < 4.78 is 0. The minimum atomic E-state index is -1.23. The molecule has 6 heteroatoms. The maximum atomic E-state index is 10.7. The summed E-state index contributed by atoms with van der Waals surface area (Å²) in [6.45, 7) is 1.44. The van der Waals surface area contributed by atoms with Crippen molar-refractivity contribution in [3.8, 4) is 11.5 Å². The molecule has 0 saturated heterocycles. The molecule has 0 unspecified atom stereocenters. The molecule has 1 rings (SSSR count). The van der Waals surface area contributed by atoms with Crippen molar-refractivity contribution in [2.45, 2.75) is 6.92 Å². The average Bonchev–Trinajstić information content (AvgIpc) is 2.26. The van der Waals surface area contributed by atoms with Crippen LogP contribution in [-0.2, 0) is 4.79 Å². The molecule has 0 spiro atoms. The van der Waals surface area contributed by atoms with E-state index in [2.05, 4.69) is 0 Å². The van der Waals surface area contributed by atoms with Crippen molar-refractivity contribution in [3.63, 3.8) is 0 Å². The van der Waals surface area contributed by atoms with Crippen molar-refractivity contribution in [1.82, 2.24) is 0 Å². The highest BCUT2D eigenvalue weighted by Gasteiger charge is 2.11. The molecule has 1 aromatic carbocycles. The number of phenolic OH excluding ortho intramolecular Hbond substituents is 2. The van der Waals surface area contributed by atoms with Gasteiger partial charge in [-0.15, -0.1) is 0 Å². The Labute approximate surface area is 108 Å². The number of carboxylic acids is 1. The topological polar surface area (TPSA) is 94.8 Å². The van der Waals surface area contributed by atoms with Crippen molar-refractivity contribution in [2.75, 3.05) is 5.75 Å². The summed E-state index contributed by atoms with van der Waals surface area (Å²) in [6.07, 6.45) is 3.04. The molecule has 0 aliphatic heterocycles. The van der Waals surface area contributed by atoms with E-state index >= 15 is 0 Å². The molecule has 0 atom stereocenters. The van der Waals surface area contributed by atoms with E-state index in [1.54, 1.807) is 6.08 Å². The second-order valence-electron chi connectivity index (χ2n) is 3.44.